The molecule has 0 aromatic carbocycles. The first-order valence-corrected chi connectivity index (χ1v) is 8.06. The molecule has 124 valence electrons. The second kappa shape index (κ2) is 9.62. The Balaban J connectivity index is 0.00000220. The number of halogens is 1. The monoisotopic (exact) mass is 319 g/mol. The molecule has 3 N–H and O–H groups in total. The Labute approximate surface area is 134 Å². The van der Waals surface area contributed by atoms with Crippen LogP contribution >= 0.6 is 12.4 Å². The quantitative estimate of drug-likeness (QED) is 0.774. The highest BCUT2D eigenvalue weighted by Crippen LogP contribution is 2.33. The first-order chi connectivity index (χ1) is 9.77. The molecule has 1 saturated carbocycles. The molecule has 1 aliphatic carbocycles. The molecular weight excluding hydrogens is 290 g/mol. The molecule has 0 bridgehead atoms. The van der Waals surface area contributed by atoms with Crippen LogP contribution in [0, 0.1) is 0 Å². The van der Waals surface area contributed by atoms with Gasteiger partial charge in [0, 0.05) is 31.6 Å². The molecule has 0 radical (unpaired) electrons. The van der Waals surface area contributed by atoms with Crippen LogP contribution in [0.15, 0.2) is 0 Å². The molecule has 1 saturated heterocycles. The van der Waals surface area contributed by atoms with Crippen LogP contribution in [0.4, 0.5) is 0 Å². The fourth-order valence-electron chi connectivity index (χ4n) is 3.47. The van der Waals surface area contributed by atoms with E-state index in [4.69, 9.17) is 10.5 Å². The van der Waals surface area contributed by atoms with Gasteiger partial charge in [0.2, 0.25) is 5.91 Å². The molecule has 0 spiro atoms. The maximum Gasteiger partial charge on any atom is 0.220 e. The zero-order valence-electron chi connectivity index (χ0n) is 12.9. The number of amides is 1. The van der Waals surface area contributed by atoms with Crippen LogP contribution in [-0.2, 0) is 9.53 Å². The van der Waals surface area contributed by atoms with Gasteiger partial charge in [-0.25, -0.2) is 0 Å². The van der Waals surface area contributed by atoms with Crippen molar-refractivity contribution in [2.24, 2.45) is 5.73 Å². The average molecular weight is 320 g/mol. The second-order valence-corrected chi connectivity index (χ2v) is 6.05. The summed E-state index contributed by atoms with van der Waals surface area (Å²) < 4.78 is 5.47. The van der Waals surface area contributed by atoms with Gasteiger partial charge < -0.3 is 15.8 Å². The normalized spacial score (nSPS) is 22.3. The van der Waals surface area contributed by atoms with E-state index in [0.717, 1.165) is 39.3 Å². The van der Waals surface area contributed by atoms with Crippen LogP contribution < -0.4 is 11.1 Å². The fraction of sp³-hybridized carbons (Fsp3) is 0.933. The first kappa shape index (κ1) is 18.7. The Morgan fingerprint density at radius 2 is 1.86 bits per heavy atom. The number of carbonyl (C=O) groups excluding carboxylic acids is 1. The number of hydrogen-bond acceptors (Lipinski definition) is 4. The molecule has 5 nitrogen and oxygen atoms in total. The van der Waals surface area contributed by atoms with Crippen LogP contribution in [0.1, 0.15) is 44.9 Å². The van der Waals surface area contributed by atoms with Crippen molar-refractivity contribution in [3.05, 3.63) is 0 Å². The van der Waals surface area contributed by atoms with Gasteiger partial charge in [0.25, 0.3) is 0 Å². The van der Waals surface area contributed by atoms with E-state index < -0.39 is 0 Å². The van der Waals surface area contributed by atoms with Crippen LogP contribution in [0.2, 0.25) is 0 Å². The number of carbonyl (C=O) groups is 1. The molecule has 0 atom stereocenters. The van der Waals surface area contributed by atoms with E-state index in [2.05, 4.69) is 10.2 Å². The molecule has 0 aromatic heterocycles. The number of nitrogens with zero attached hydrogens (tertiary/aromatic N) is 1. The number of ether oxygens (including phenoxy) is 1. The van der Waals surface area contributed by atoms with Crippen molar-refractivity contribution in [3.63, 3.8) is 0 Å². The summed E-state index contributed by atoms with van der Waals surface area (Å²) in [6.45, 7) is 5.02. The van der Waals surface area contributed by atoms with Crippen molar-refractivity contribution < 1.29 is 9.53 Å². The molecule has 0 unspecified atom stereocenters. The van der Waals surface area contributed by atoms with E-state index in [9.17, 15) is 4.79 Å². The van der Waals surface area contributed by atoms with Gasteiger partial charge in [-0.3, -0.25) is 9.69 Å². The predicted octanol–water partition coefficient (Wildman–Crippen LogP) is 1.30. The Morgan fingerprint density at radius 3 is 2.48 bits per heavy atom. The van der Waals surface area contributed by atoms with Crippen molar-refractivity contribution in [2.75, 3.05) is 39.4 Å². The summed E-state index contributed by atoms with van der Waals surface area (Å²) >= 11 is 0. The van der Waals surface area contributed by atoms with E-state index in [1.54, 1.807) is 0 Å². The largest absolute Gasteiger partial charge is 0.379 e. The van der Waals surface area contributed by atoms with Crippen molar-refractivity contribution in [1.29, 1.82) is 0 Å². The maximum atomic E-state index is 11.9. The molecule has 1 amide bonds. The molecule has 2 rings (SSSR count). The van der Waals surface area contributed by atoms with Crippen molar-refractivity contribution in [2.45, 2.75) is 50.5 Å². The van der Waals surface area contributed by atoms with Gasteiger partial charge in [-0.05, 0) is 25.8 Å². The lowest BCUT2D eigenvalue weighted by molar-refractivity contribution is -0.122. The van der Waals surface area contributed by atoms with Crippen LogP contribution in [-0.4, -0.2) is 55.7 Å². The fourth-order valence-corrected chi connectivity index (χ4v) is 3.47. The topological polar surface area (TPSA) is 67.6 Å². The molecule has 6 heteroatoms. The Kier molecular flexibility index (Phi) is 8.56. The van der Waals surface area contributed by atoms with Gasteiger partial charge in [-0.15, -0.1) is 12.4 Å². The smallest absolute Gasteiger partial charge is 0.220 e. The van der Waals surface area contributed by atoms with Gasteiger partial charge in [0.15, 0.2) is 0 Å². The minimum Gasteiger partial charge on any atom is -0.379 e. The number of nitrogens with two attached hydrogens (primary N) is 1. The molecule has 0 aromatic rings. The predicted molar refractivity (Wildman–Crippen MR) is 86.8 cm³/mol. The lowest BCUT2D eigenvalue weighted by Crippen LogP contribution is -2.59. The van der Waals surface area contributed by atoms with E-state index >= 15 is 0 Å². The zero-order valence-corrected chi connectivity index (χ0v) is 13.8. The summed E-state index contributed by atoms with van der Waals surface area (Å²) in [7, 11) is 0. The lowest BCUT2D eigenvalue weighted by atomic mass is 9.79. The molecular formula is C15H30ClN3O2. The Hall–Kier alpha value is -0.360. The number of morpholine rings is 1. The third-order valence-electron chi connectivity index (χ3n) is 4.69. The van der Waals surface area contributed by atoms with E-state index in [1.165, 1.54) is 32.1 Å². The minimum absolute atomic E-state index is 0. The summed E-state index contributed by atoms with van der Waals surface area (Å²) in [4.78, 5) is 14.4. The summed E-state index contributed by atoms with van der Waals surface area (Å²) in [5.74, 6) is 0.147. The van der Waals surface area contributed by atoms with Crippen LogP contribution in [0.25, 0.3) is 0 Å². The van der Waals surface area contributed by atoms with Gasteiger partial charge in [-0.1, -0.05) is 19.3 Å². The van der Waals surface area contributed by atoms with Crippen molar-refractivity contribution in [1.82, 2.24) is 10.2 Å². The highest BCUT2D eigenvalue weighted by atomic mass is 35.5. The Bertz CT molecular complexity index is 303. The molecule has 1 aliphatic heterocycles. The highest BCUT2D eigenvalue weighted by molar-refractivity contribution is 5.85. The molecule has 2 fully saturated rings. The Morgan fingerprint density at radius 1 is 1.19 bits per heavy atom. The number of hydrogen-bond donors (Lipinski definition) is 2. The molecule has 2 aliphatic rings. The standard InChI is InChI=1S/C15H29N3O2.ClH/c16-8-4-5-14(19)17-13-15(6-2-1-3-7-15)18-9-11-20-12-10-18;/h1-13,16H2,(H,17,19);1H. The second-order valence-electron chi connectivity index (χ2n) is 6.05. The van der Waals surface area contributed by atoms with Crippen molar-refractivity contribution in [3.8, 4) is 0 Å². The average Bonchev–Trinajstić information content (AvgIpc) is 2.52. The van der Waals surface area contributed by atoms with Gasteiger partial charge in [0.05, 0.1) is 13.2 Å². The summed E-state index contributed by atoms with van der Waals surface area (Å²) in [6.07, 6.45) is 7.60. The lowest BCUT2D eigenvalue weighted by Gasteiger charge is -2.48. The number of nitrogens with one attached hydrogen (secondary N) is 1. The molecule has 1 heterocycles. The third-order valence-corrected chi connectivity index (χ3v) is 4.69. The first-order valence-electron chi connectivity index (χ1n) is 8.06. The zero-order chi connectivity index (χ0) is 14.3. The molecule has 21 heavy (non-hydrogen) atoms. The summed E-state index contributed by atoms with van der Waals surface area (Å²) in [5.41, 5.74) is 5.62. The van der Waals surface area contributed by atoms with Crippen LogP contribution in [0.5, 0.6) is 0 Å². The van der Waals surface area contributed by atoms with Crippen LogP contribution in [0.3, 0.4) is 0 Å². The summed E-state index contributed by atoms with van der Waals surface area (Å²) in [6, 6.07) is 0. The van der Waals surface area contributed by atoms with E-state index in [0.29, 0.717) is 13.0 Å². The number of rotatable bonds is 6. The van der Waals surface area contributed by atoms with Gasteiger partial charge in [-0.2, -0.15) is 0 Å². The van der Waals surface area contributed by atoms with Crippen molar-refractivity contribution >= 4 is 18.3 Å². The van der Waals surface area contributed by atoms with Gasteiger partial charge in [0.1, 0.15) is 0 Å². The maximum absolute atomic E-state index is 11.9. The summed E-state index contributed by atoms with van der Waals surface area (Å²) in [5, 5.41) is 3.15. The van der Waals surface area contributed by atoms with Gasteiger partial charge >= 0.3 is 0 Å². The highest BCUT2D eigenvalue weighted by Gasteiger charge is 2.38. The minimum atomic E-state index is 0. The third kappa shape index (κ3) is 5.40. The SMILES string of the molecule is Cl.NCCCC(=O)NCC1(N2CCOCC2)CCCCC1. The van der Waals surface area contributed by atoms with E-state index in [-0.39, 0.29) is 23.9 Å². The van der Waals surface area contributed by atoms with E-state index in [1.807, 2.05) is 0 Å².